The number of carbonyl (C=O) groups is 2. The maximum absolute atomic E-state index is 11.8. The first-order chi connectivity index (χ1) is 15.0. The monoisotopic (exact) mass is 490 g/mol. The summed E-state index contributed by atoms with van der Waals surface area (Å²) in [6, 6.07) is 0. The summed E-state index contributed by atoms with van der Waals surface area (Å²) in [5.41, 5.74) is 6.44. The van der Waals surface area contributed by atoms with E-state index in [9.17, 15) is 19.3 Å². The molecule has 0 bridgehead atoms. The number of aryl methyl sites for hydroxylation is 1. The molecule has 1 aliphatic heterocycles. The van der Waals surface area contributed by atoms with Gasteiger partial charge in [0.2, 0.25) is 6.41 Å². The third kappa shape index (κ3) is 8.15. The predicted molar refractivity (Wildman–Crippen MR) is 116 cm³/mol. The zero-order valence-electron chi connectivity index (χ0n) is 17.7. The average molecular weight is 490 g/mol. The molecular weight excluding hydrogens is 463 g/mol. The van der Waals surface area contributed by atoms with Gasteiger partial charge in [-0.25, -0.2) is 14.5 Å². The Bertz CT molecular complexity index is 909. The van der Waals surface area contributed by atoms with E-state index in [-0.39, 0.29) is 38.4 Å². The molecule has 1 aromatic heterocycles. The highest BCUT2D eigenvalue weighted by atomic mass is 32.2. The molecule has 0 aromatic carbocycles. The predicted octanol–water partition coefficient (Wildman–Crippen LogP) is 1.63. The molecule has 1 saturated heterocycles. The van der Waals surface area contributed by atoms with Gasteiger partial charge in [0.05, 0.1) is 19.1 Å². The molecule has 5 N–H and O–H groups in total. The SMILES string of the molecule is C/C(=C(\CCOP(=O)(O)O)SC1CC(C(=O)O)CCO1)N(C=O)Cc1cnc(C)nc1N. The summed E-state index contributed by atoms with van der Waals surface area (Å²) in [6.45, 7) is 3.40. The lowest BCUT2D eigenvalue weighted by Crippen LogP contribution is -2.29. The number of carbonyl (C=O) groups excluding carboxylic acids is 1. The number of ether oxygens (including phenoxy) is 1. The minimum absolute atomic E-state index is 0.0728. The van der Waals surface area contributed by atoms with E-state index in [4.69, 9.17) is 20.3 Å². The number of hydrogen-bond donors (Lipinski definition) is 4. The number of nitrogen functional groups attached to an aromatic ring is 1. The van der Waals surface area contributed by atoms with Crippen LogP contribution in [0, 0.1) is 12.8 Å². The fourth-order valence-electron chi connectivity index (χ4n) is 3.02. The van der Waals surface area contributed by atoms with Crippen LogP contribution in [0.15, 0.2) is 16.8 Å². The second kappa shape index (κ2) is 11.7. The quantitative estimate of drug-likeness (QED) is 0.260. The van der Waals surface area contributed by atoms with Crippen LogP contribution in [0.25, 0.3) is 0 Å². The van der Waals surface area contributed by atoms with Gasteiger partial charge in [-0.3, -0.25) is 14.1 Å². The number of carboxylic acids is 1. The van der Waals surface area contributed by atoms with E-state index in [1.54, 1.807) is 13.8 Å². The topological polar surface area (TPSA) is 185 Å². The molecule has 2 atom stereocenters. The molecule has 14 heteroatoms. The van der Waals surface area contributed by atoms with Crippen molar-refractivity contribution < 1.29 is 38.3 Å². The minimum Gasteiger partial charge on any atom is -0.481 e. The number of aromatic nitrogens is 2. The molecule has 1 amide bonds. The molecule has 0 spiro atoms. The fraction of sp³-hybridized carbons (Fsp3) is 0.556. The summed E-state index contributed by atoms with van der Waals surface area (Å²) in [5.74, 6) is -0.739. The number of amides is 1. The Morgan fingerprint density at radius 2 is 2.22 bits per heavy atom. The van der Waals surface area contributed by atoms with Crippen molar-refractivity contribution in [2.45, 2.75) is 45.1 Å². The van der Waals surface area contributed by atoms with Crippen LogP contribution >= 0.6 is 19.6 Å². The van der Waals surface area contributed by atoms with E-state index in [0.29, 0.717) is 34.8 Å². The number of thioether (sulfide) groups is 1. The van der Waals surface area contributed by atoms with Crippen LogP contribution < -0.4 is 5.73 Å². The number of aliphatic carboxylic acids is 1. The third-order valence-corrected chi connectivity index (χ3v) is 6.67. The van der Waals surface area contributed by atoms with Crippen LogP contribution in [-0.4, -0.2) is 60.8 Å². The molecule has 2 heterocycles. The first kappa shape index (κ1) is 26.2. The molecule has 0 aliphatic carbocycles. The Labute approximate surface area is 189 Å². The van der Waals surface area contributed by atoms with E-state index >= 15 is 0 Å². The number of anilines is 1. The number of phosphoric acid groups is 1. The Morgan fingerprint density at radius 3 is 2.81 bits per heavy atom. The van der Waals surface area contributed by atoms with Crippen molar-refractivity contribution in [1.82, 2.24) is 14.9 Å². The van der Waals surface area contributed by atoms with Gasteiger partial charge in [-0.2, -0.15) is 0 Å². The maximum Gasteiger partial charge on any atom is 0.469 e. The van der Waals surface area contributed by atoms with E-state index < -0.39 is 25.1 Å². The standard InChI is InChI=1S/C18H27N4O8PS/c1-11(22(10-23)9-14-8-20-12(2)21-17(14)19)15(4-6-30-31(26,27)28)32-16-7-13(18(24)25)3-5-29-16/h8,10,13,16H,3-7,9H2,1-2H3,(H,24,25)(H2,19,20,21)(H2,26,27,28)/b15-11-. The number of carboxylic acid groups (broad SMARTS) is 1. The van der Waals surface area contributed by atoms with Gasteiger partial charge in [-0.15, -0.1) is 0 Å². The highest BCUT2D eigenvalue weighted by molar-refractivity contribution is 8.03. The van der Waals surface area contributed by atoms with Gasteiger partial charge in [-0.05, 0) is 26.7 Å². The van der Waals surface area contributed by atoms with E-state index in [1.165, 1.54) is 22.9 Å². The first-order valence-electron chi connectivity index (χ1n) is 9.71. The zero-order chi connectivity index (χ0) is 23.9. The molecule has 1 aromatic rings. The molecule has 32 heavy (non-hydrogen) atoms. The normalized spacial score (nSPS) is 19.9. The highest BCUT2D eigenvalue weighted by Gasteiger charge is 2.29. The Balaban J connectivity index is 2.25. The Hall–Kier alpha value is -2.02. The van der Waals surface area contributed by atoms with E-state index in [2.05, 4.69) is 14.5 Å². The first-order valence-corrected chi connectivity index (χ1v) is 12.1. The van der Waals surface area contributed by atoms with Gasteiger partial charge in [0, 0.05) is 35.4 Å². The number of nitrogens with two attached hydrogens (primary N) is 1. The molecule has 1 aliphatic rings. The molecule has 178 valence electrons. The van der Waals surface area contributed by atoms with Crippen molar-refractivity contribution in [2.24, 2.45) is 5.92 Å². The Kier molecular flexibility index (Phi) is 9.62. The van der Waals surface area contributed by atoms with Crippen LogP contribution in [0.2, 0.25) is 0 Å². The second-order valence-corrected chi connectivity index (χ2v) is 9.61. The summed E-state index contributed by atoms with van der Waals surface area (Å²) in [6.07, 6.45) is 2.85. The van der Waals surface area contributed by atoms with Crippen LogP contribution in [0.5, 0.6) is 0 Å². The fourth-order valence-corrected chi connectivity index (χ4v) is 4.65. The summed E-state index contributed by atoms with van der Waals surface area (Å²) >= 11 is 1.20. The van der Waals surface area contributed by atoms with Crippen LogP contribution in [-0.2, 0) is 30.0 Å². The molecule has 1 fully saturated rings. The van der Waals surface area contributed by atoms with Crippen LogP contribution in [0.1, 0.15) is 37.6 Å². The number of allylic oxidation sites excluding steroid dienone is 1. The molecule has 0 saturated carbocycles. The zero-order valence-corrected chi connectivity index (χ0v) is 19.4. The van der Waals surface area contributed by atoms with Crippen LogP contribution in [0.3, 0.4) is 0 Å². The summed E-state index contributed by atoms with van der Waals surface area (Å²) in [4.78, 5) is 51.2. The molecule has 0 radical (unpaired) electrons. The van der Waals surface area contributed by atoms with Crippen LogP contribution in [0.4, 0.5) is 5.82 Å². The van der Waals surface area contributed by atoms with Gasteiger partial charge in [-0.1, -0.05) is 11.8 Å². The largest absolute Gasteiger partial charge is 0.481 e. The van der Waals surface area contributed by atoms with Crippen molar-refractivity contribution in [3.8, 4) is 0 Å². The molecular formula is C18H27N4O8PS. The lowest BCUT2D eigenvalue weighted by Gasteiger charge is -2.29. The van der Waals surface area contributed by atoms with Gasteiger partial charge in [0.15, 0.2) is 0 Å². The van der Waals surface area contributed by atoms with Crippen molar-refractivity contribution in [2.75, 3.05) is 18.9 Å². The Morgan fingerprint density at radius 1 is 1.50 bits per heavy atom. The third-order valence-electron chi connectivity index (χ3n) is 4.78. The lowest BCUT2D eigenvalue weighted by atomic mass is 10.0. The molecule has 2 rings (SSSR count). The van der Waals surface area contributed by atoms with E-state index in [0.717, 1.165) is 0 Å². The summed E-state index contributed by atoms with van der Waals surface area (Å²) in [5, 5.41) is 9.30. The summed E-state index contributed by atoms with van der Waals surface area (Å²) < 4.78 is 21.3. The second-order valence-electron chi connectivity index (χ2n) is 7.12. The number of phosphoric ester groups is 1. The van der Waals surface area contributed by atoms with Gasteiger partial charge in [0.25, 0.3) is 0 Å². The van der Waals surface area contributed by atoms with Gasteiger partial charge < -0.3 is 30.3 Å². The van der Waals surface area contributed by atoms with Crippen molar-refractivity contribution in [3.05, 3.63) is 28.2 Å². The highest BCUT2D eigenvalue weighted by Crippen LogP contribution is 2.39. The lowest BCUT2D eigenvalue weighted by molar-refractivity contribution is -0.145. The van der Waals surface area contributed by atoms with E-state index in [1.807, 2.05) is 0 Å². The minimum atomic E-state index is -4.67. The van der Waals surface area contributed by atoms with Crippen molar-refractivity contribution in [3.63, 3.8) is 0 Å². The van der Waals surface area contributed by atoms with Gasteiger partial charge in [0.1, 0.15) is 17.1 Å². The number of hydrogen-bond acceptors (Lipinski definition) is 9. The average Bonchev–Trinajstić information content (AvgIpc) is 2.71. The number of rotatable bonds is 11. The number of nitrogens with zero attached hydrogens (tertiary/aromatic N) is 3. The summed E-state index contributed by atoms with van der Waals surface area (Å²) in [7, 11) is -4.67. The molecule has 2 unspecified atom stereocenters. The smallest absolute Gasteiger partial charge is 0.469 e. The maximum atomic E-state index is 11.8. The van der Waals surface area contributed by atoms with Crippen molar-refractivity contribution >= 4 is 37.8 Å². The van der Waals surface area contributed by atoms with Gasteiger partial charge >= 0.3 is 13.8 Å². The van der Waals surface area contributed by atoms with Crippen molar-refractivity contribution in [1.29, 1.82) is 0 Å². The molecule has 12 nitrogen and oxygen atoms in total.